The lowest BCUT2D eigenvalue weighted by Gasteiger charge is -2.43. The van der Waals surface area contributed by atoms with Crippen LogP contribution in [0.4, 0.5) is 17.1 Å². The summed E-state index contributed by atoms with van der Waals surface area (Å²) in [7, 11) is 0. The van der Waals surface area contributed by atoms with Gasteiger partial charge in [-0.3, -0.25) is 29.8 Å². The van der Waals surface area contributed by atoms with Crippen molar-refractivity contribution in [3.8, 4) is 0 Å². The predicted molar refractivity (Wildman–Crippen MR) is 120 cm³/mol. The van der Waals surface area contributed by atoms with E-state index in [1.807, 2.05) is 31.2 Å². The van der Waals surface area contributed by atoms with Crippen LogP contribution >= 0.6 is 0 Å². The summed E-state index contributed by atoms with van der Waals surface area (Å²) in [5.41, 5.74) is 2.41. The Hall–Kier alpha value is -3.99. The molecule has 5 N–H and O–H groups in total. The first-order valence-corrected chi connectivity index (χ1v) is 10.5. The lowest BCUT2D eigenvalue weighted by Crippen LogP contribution is -2.72. The van der Waals surface area contributed by atoms with Gasteiger partial charge in [0.05, 0.1) is 22.9 Å². The summed E-state index contributed by atoms with van der Waals surface area (Å²) < 4.78 is 0. The first-order chi connectivity index (χ1) is 15.7. The highest BCUT2D eigenvalue weighted by atomic mass is 16.6. The van der Waals surface area contributed by atoms with E-state index in [0.29, 0.717) is 5.56 Å². The topological polar surface area (TPSA) is 154 Å². The number of carbonyl (C=O) groups excluding carboxylic acids is 3. The highest BCUT2D eigenvalue weighted by molar-refractivity contribution is 6.00. The average molecular weight is 452 g/mol. The molecule has 2 aliphatic rings. The molecule has 0 radical (unpaired) electrons. The molecule has 2 heterocycles. The molecule has 2 aliphatic heterocycles. The number of aryl methyl sites for hydroxylation is 2. The van der Waals surface area contributed by atoms with Crippen molar-refractivity contribution < 1.29 is 19.3 Å². The van der Waals surface area contributed by atoms with Crippen molar-refractivity contribution in [2.75, 3.05) is 10.6 Å². The van der Waals surface area contributed by atoms with E-state index in [4.69, 9.17) is 0 Å². The van der Waals surface area contributed by atoms with Crippen molar-refractivity contribution in [3.63, 3.8) is 0 Å². The van der Waals surface area contributed by atoms with Gasteiger partial charge in [-0.05, 0) is 32.0 Å². The van der Waals surface area contributed by atoms with Gasteiger partial charge in [-0.2, -0.15) is 0 Å². The molecule has 0 saturated carbocycles. The molecule has 4 unspecified atom stereocenters. The number of carbonyl (C=O) groups is 3. The third kappa shape index (κ3) is 4.77. The molecule has 2 aromatic carbocycles. The van der Waals surface area contributed by atoms with E-state index in [9.17, 15) is 24.5 Å². The molecule has 4 rings (SSSR count). The molecule has 11 nitrogen and oxygen atoms in total. The van der Waals surface area contributed by atoms with Crippen molar-refractivity contribution >= 4 is 34.8 Å². The van der Waals surface area contributed by atoms with Crippen LogP contribution < -0.4 is 26.6 Å². The van der Waals surface area contributed by atoms with E-state index >= 15 is 0 Å². The van der Waals surface area contributed by atoms with Crippen LogP contribution in [-0.4, -0.2) is 35.1 Å². The summed E-state index contributed by atoms with van der Waals surface area (Å²) in [6, 6.07) is 11.9. The normalized spacial score (nSPS) is 24.2. The van der Waals surface area contributed by atoms with Crippen molar-refractivity contribution in [1.29, 1.82) is 0 Å². The lowest BCUT2D eigenvalue weighted by atomic mass is 9.81. The number of hydrogen-bond donors (Lipinski definition) is 5. The van der Waals surface area contributed by atoms with Gasteiger partial charge in [-0.25, -0.2) is 0 Å². The molecule has 2 aromatic rings. The number of hydrogen-bond acceptors (Lipinski definition) is 7. The first kappa shape index (κ1) is 22.2. The lowest BCUT2D eigenvalue weighted by molar-refractivity contribution is -0.385. The van der Waals surface area contributed by atoms with Gasteiger partial charge in [-0.15, -0.1) is 0 Å². The van der Waals surface area contributed by atoms with Crippen LogP contribution in [0.3, 0.4) is 0 Å². The SMILES string of the molecule is Cc1ccc(NC2NC(=O)C3C(NC(=O)CC3C(=O)Nc3ccc(C)c([N+](=O)[O-])c3)N2)cc1. The number of amides is 3. The fraction of sp³-hybridized carbons (Fsp3) is 0.318. The largest absolute Gasteiger partial charge is 0.353 e. The highest BCUT2D eigenvalue weighted by Gasteiger charge is 2.48. The Bertz CT molecular complexity index is 1120. The third-order valence-electron chi connectivity index (χ3n) is 5.82. The summed E-state index contributed by atoms with van der Waals surface area (Å²) in [5, 5.41) is 25.6. The summed E-state index contributed by atoms with van der Waals surface area (Å²) in [5.74, 6) is -3.11. The summed E-state index contributed by atoms with van der Waals surface area (Å²) in [4.78, 5) is 48.9. The van der Waals surface area contributed by atoms with Crippen LogP contribution in [-0.2, 0) is 14.4 Å². The zero-order chi connectivity index (χ0) is 23.7. The molecule has 2 saturated heterocycles. The smallest absolute Gasteiger partial charge is 0.274 e. The number of rotatable bonds is 5. The molecule has 33 heavy (non-hydrogen) atoms. The third-order valence-corrected chi connectivity index (χ3v) is 5.82. The second kappa shape index (κ2) is 8.87. The Morgan fingerprint density at radius 1 is 1.06 bits per heavy atom. The van der Waals surface area contributed by atoms with Crippen molar-refractivity contribution in [3.05, 3.63) is 63.7 Å². The Labute approximate surface area is 189 Å². The van der Waals surface area contributed by atoms with Crippen LogP contribution in [0.5, 0.6) is 0 Å². The van der Waals surface area contributed by atoms with Crippen molar-refractivity contribution in [2.45, 2.75) is 32.7 Å². The average Bonchev–Trinajstić information content (AvgIpc) is 2.75. The minimum absolute atomic E-state index is 0.130. The van der Waals surface area contributed by atoms with Crippen molar-refractivity contribution in [1.82, 2.24) is 16.0 Å². The molecule has 11 heteroatoms. The van der Waals surface area contributed by atoms with Crippen LogP contribution in [0.1, 0.15) is 17.5 Å². The standard InChI is InChI=1S/C22H24N6O5/c1-11-3-6-13(7-4-11)24-22-26-19-18(21(31)27-22)15(10-17(29)25-19)20(30)23-14-8-5-12(2)16(9-14)28(32)33/h3-9,15,18-19,22,24,26H,10H2,1-2H3,(H,23,30)(H,25,29)(H,27,31). The van der Waals surface area contributed by atoms with Gasteiger partial charge in [0.2, 0.25) is 17.7 Å². The van der Waals surface area contributed by atoms with E-state index in [2.05, 4.69) is 26.6 Å². The number of nitro groups is 1. The molecule has 4 atom stereocenters. The molecule has 0 aliphatic carbocycles. The number of nitrogens with one attached hydrogen (secondary N) is 5. The maximum absolute atomic E-state index is 13.0. The number of nitro benzene ring substituents is 1. The maximum atomic E-state index is 13.0. The van der Waals surface area contributed by atoms with Gasteiger partial charge >= 0.3 is 0 Å². The Morgan fingerprint density at radius 3 is 2.45 bits per heavy atom. The van der Waals surface area contributed by atoms with Crippen LogP contribution in [0.15, 0.2) is 42.5 Å². The van der Waals surface area contributed by atoms with Gasteiger partial charge in [0.15, 0.2) is 6.29 Å². The van der Waals surface area contributed by atoms with Gasteiger partial charge < -0.3 is 21.3 Å². The van der Waals surface area contributed by atoms with Crippen molar-refractivity contribution in [2.24, 2.45) is 11.8 Å². The number of anilines is 2. The number of fused-ring (bicyclic) bond motifs is 1. The first-order valence-electron chi connectivity index (χ1n) is 10.5. The van der Waals surface area contributed by atoms with Gasteiger partial charge in [0.1, 0.15) is 0 Å². The molecule has 2 fully saturated rings. The number of benzene rings is 2. The highest BCUT2D eigenvalue weighted by Crippen LogP contribution is 2.29. The van der Waals surface area contributed by atoms with Gasteiger partial charge in [-0.1, -0.05) is 23.8 Å². The minimum Gasteiger partial charge on any atom is -0.353 e. The van der Waals surface area contributed by atoms with E-state index < -0.39 is 41.0 Å². The van der Waals surface area contributed by atoms with E-state index in [1.165, 1.54) is 12.1 Å². The molecule has 0 bridgehead atoms. The number of piperidine rings is 1. The van der Waals surface area contributed by atoms with Crippen LogP contribution in [0, 0.1) is 35.8 Å². The minimum atomic E-state index is -0.947. The molecular formula is C22H24N6O5. The van der Waals surface area contributed by atoms with Crippen LogP contribution in [0.2, 0.25) is 0 Å². The van der Waals surface area contributed by atoms with E-state index in [-0.39, 0.29) is 23.7 Å². The fourth-order valence-corrected chi connectivity index (χ4v) is 4.09. The maximum Gasteiger partial charge on any atom is 0.274 e. The molecule has 0 spiro atoms. The Morgan fingerprint density at radius 2 is 1.76 bits per heavy atom. The van der Waals surface area contributed by atoms with Crippen LogP contribution in [0.25, 0.3) is 0 Å². The van der Waals surface area contributed by atoms with Gasteiger partial charge in [0, 0.05) is 29.4 Å². The van der Waals surface area contributed by atoms with E-state index in [1.54, 1.807) is 13.0 Å². The molecule has 3 amide bonds. The fourth-order valence-electron chi connectivity index (χ4n) is 4.09. The monoisotopic (exact) mass is 452 g/mol. The Balaban J connectivity index is 1.49. The zero-order valence-corrected chi connectivity index (χ0v) is 18.0. The quantitative estimate of drug-likeness (QED) is 0.339. The second-order valence-electron chi connectivity index (χ2n) is 8.25. The zero-order valence-electron chi connectivity index (χ0n) is 18.0. The number of nitrogens with zero attached hydrogens (tertiary/aromatic N) is 1. The molecular weight excluding hydrogens is 428 g/mol. The Kier molecular flexibility index (Phi) is 5.97. The van der Waals surface area contributed by atoms with Gasteiger partial charge in [0.25, 0.3) is 5.69 Å². The second-order valence-corrected chi connectivity index (χ2v) is 8.25. The molecule has 0 aromatic heterocycles. The summed E-state index contributed by atoms with van der Waals surface area (Å²) in [6.45, 7) is 3.56. The summed E-state index contributed by atoms with van der Waals surface area (Å²) in [6.07, 6.45) is -1.58. The van der Waals surface area contributed by atoms with E-state index in [0.717, 1.165) is 11.3 Å². The summed E-state index contributed by atoms with van der Waals surface area (Å²) >= 11 is 0. The molecule has 172 valence electrons. The predicted octanol–water partition coefficient (Wildman–Crippen LogP) is 1.34.